The fourth-order valence-electron chi connectivity index (χ4n) is 7.32. The van der Waals surface area contributed by atoms with Crippen molar-refractivity contribution in [1.82, 2.24) is 0 Å². The van der Waals surface area contributed by atoms with Crippen LogP contribution in [0, 0.1) is 0 Å². The van der Waals surface area contributed by atoms with E-state index in [4.69, 9.17) is 28.4 Å². The molecule has 0 bridgehead atoms. The molecule has 0 aromatic heterocycles. The van der Waals surface area contributed by atoms with Crippen molar-refractivity contribution in [2.45, 2.75) is 202 Å². The van der Waals surface area contributed by atoms with Gasteiger partial charge in [0.2, 0.25) is 0 Å². The lowest BCUT2D eigenvalue weighted by atomic mass is 9.79. The first-order chi connectivity index (χ1) is 23.4. The third kappa shape index (κ3) is 9.14. The fourth-order valence-corrected chi connectivity index (χ4v) is 9.91. The molecule has 5 rings (SSSR count). The lowest BCUT2D eigenvalue weighted by Gasteiger charge is -2.38. The Labute approximate surface area is 323 Å². The summed E-state index contributed by atoms with van der Waals surface area (Å²) >= 11 is 3.70. The van der Waals surface area contributed by atoms with E-state index in [1.165, 1.54) is 4.90 Å². The maximum Gasteiger partial charge on any atom is 0.190 e. The van der Waals surface area contributed by atoms with Gasteiger partial charge < -0.3 is 33.5 Å². The molecule has 0 saturated carbocycles. The van der Waals surface area contributed by atoms with Crippen molar-refractivity contribution >= 4 is 23.5 Å². The van der Waals surface area contributed by atoms with Crippen molar-refractivity contribution in [3.8, 4) is 11.5 Å². The molecule has 3 fully saturated rings. The summed E-state index contributed by atoms with van der Waals surface area (Å²) in [6.07, 6.45) is -2.07. The van der Waals surface area contributed by atoms with Crippen LogP contribution in [-0.2, 0) is 45.3 Å². The second-order valence-corrected chi connectivity index (χ2v) is 24.0. The summed E-state index contributed by atoms with van der Waals surface area (Å²) in [6.45, 7) is 39.0. The molecule has 9 heteroatoms. The fraction of sp³-hybridized carbons (Fsp3) is 0.721. The van der Waals surface area contributed by atoms with E-state index in [2.05, 4.69) is 121 Å². The zero-order chi connectivity index (χ0) is 39.2. The molecule has 0 amide bonds. The summed E-state index contributed by atoms with van der Waals surface area (Å²) in [5.74, 6) is -0.257. The Kier molecular flexibility index (Phi) is 10.9. The molecule has 52 heavy (non-hydrogen) atoms. The molecule has 2 aromatic carbocycles. The first-order valence-corrected chi connectivity index (χ1v) is 20.4. The minimum Gasteiger partial charge on any atom is -0.507 e. The standard InChI is InChI=1S/C43H66O7S2/c1-37(2,3)26-19-24(20-27(31(26)44)38(4,5)6)51-43(17,18)52-25-21-28(39(7,8)9)32(29(22-25)40(10,11)12)45-23-30-33-34(48-41(13,14)47-33)35-36(46-30)50-42(15,16)49-35/h19-22,30,33-36,44H,23H2,1-18H3/t30-,33+,34+,35-,36?/m1/s1. The summed E-state index contributed by atoms with van der Waals surface area (Å²) < 4.78 is 38.4. The maximum absolute atomic E-state index is 11.4. The van der Waals surface area contributed by atoms with Gasteiger partial charge in [-0.2, -0.15) is 0 Å². The van der Waals surface area contributed by atoms with Crippen molar-refractivity contribution in [2.75, 3.05) is 6.61 Å². The van der Waals surface area contributed by atoms with Gasteiger partial charge in [-0.1, -0.05) is 83.1 Å². The zero-order valence-corrected chi connectivity index (χ0v) is 36.7. The molecular weight excluding hydrogens is 693 g/mol. The van der Waals surface area contributed by atoms with Gasteiger partial charge in [0.05, 0.1) is 4.08 Å². The Morgan fingerprint density at radius 1 is 0.577 bits per heavy atom. The molecule has 0 radical (unpaired) electrons. The predicted octanol–water partition coefficient (Wildman–Crippen LogP) is 11.0. The van der Waals surface area contributed by atoms with Crippen LogP contribution in [0.3, 0.4) is 0 Å². The Morgan fingerprint density at radius 3 is 1.40 bits per heavy atom. The quantitative estimate of drug-likeness (QED) is 0.219. The molecule has 0 spiro atoms. The Bertz CT molecular complexity index is 1560. The maximum atomic E-state index is 11.4. The number of aromatic hydroxyl groups is 1. The third-order valence-corrected chi connectivity index (χ3v) is 12.2. The molecule has 2 aromatic rings. The molecule has 292 valence electrons. The summed E-state index contributed by atoms with van der Waals surface area (Å²) in [6, 6.07) is 8.98. The van der Waals surface area contributed by atoms with E-state index in [1.807, 2.05) is 51.2 Å². The third-order valence-electron chi connectivity index (χ3n) is 9.75. The van der Waals surface area contributed by atoms with Gasteiger partial charge >= 0.3 is 0 Å². The van der Waals surface area contributed by atoms with Crippen LogP contribution < -0.4 is 4.74 Å². The Balaban J connectivity index is 1.47. The van der Waals surface area contributed by atoms with Gasteiger partial charge in [0.1, 0.15) is 42.5 Å². The van der Waals surface area contributed by atoms with Gasteiger partial charge in [-0.05, 0) is 87.5 Å². The molecule has 1 unspecified atom stereocenters. The SMILES string of the molecule is CC1(C)O[C@@H]2[C@H](O1)[C@H]1OC(C)(C)OC1O[C@@H]2COc1c(C(C)(C)C)cc(SC(C)(C)Sc2cc(C(C)(C)C)c(O)c(C(C)(C)C)c2)cc1C(C)(C)C. The van der Waals surface area contributed by atoms with Crippen LogP contribution in [0.4, 0.5) is 0 Å². The summed E-state index contributed by atoms with van der Waals surface area (Å²) in [4.78, 5) is 2.35. The van der Waals surface area contributed by atoms with E-state index in [1.54, 1.807) is 0 Å². The molecule has 7 nitrogen and oxygen atoms in total. The van der Waals surface area contributed by atoms with Crippen LogP contribution in [0.1, 0.15) is 147 Å². The lowest BCUT2D eigenvalue weighted by molar-refractivity contribution is -0.238. The van der Waals surface area contributed by atoms with Crippen LogP contribution in [-0.4, -0.2) is 58.1 Å². The van der Waals surface area contributed by atoms with Crippen LogP contribution in [0.5, 0.6) is 11.5 Å². The average Bonchev–Trinajstić information content (AvgIpc) is 3.43. The predicted molar refractivity (Wildman–Crippen MR) is 213 cm³/mol. The highest BCUT2D eigenvalue weighted by atomic mass is 32.2. The number of phenols is 1. The number of ether oxygens (including phenoxy) is 6. The summed E-state index contributed by atoms with van der Waals surface area (Å²) in [5, 5.41) is 11.4. The van der Waals surface area contributed by atoms with E-state index in [0.29, 0.717) is 5.75 Å². The van der Waals surface area contributed by atoms with Gasteiger partial charge in [-0.25, -0.2) is 0 Å². The van der Waals surface area contributed by atoms with Gasteiger partial charge in [0.15, 0.2) is 17.9 Å². The monoisotopic (exact) mass is 758 g/mol. The van der Waals surface area contributed by atoms with Crippen molar-refractivity contribution < 1.29 is 33.5 Å². The molecule has 5 atom stereocenters. The normalized spacial score (nSPS) is 26.3. The molecule has 0 aliphatic carbocycles. The second-order valence-electron chi connectivity index (χ2n) is 20.3. The molecule has 3 aliphatic heterocycles. The van der Waals surface area contributed by atoms with Crippen LogP contribution in [0.25, 0.3) is 0 Å². The number of thioether (sulfide) groups is 2. The Hall–Kier alpha value is -1.46. The van der Waals surface area contributed by atoms with Gasteiger partial charge in [0.25, 0.3) is 0 Å². The average molecular weight is 759 g/mol. The summed E-state index contributed by atoms with van der Waals surface area (Å²) in [7, 11) is 0. The molecular formula is C43H66O7S2. The van der Waals surface area contributed by atoms with Crippen molar-refractivity contribution in [2.24, 2.45) is 0 Å². The zero-order valence-electron chi connectivity index (χ0n) is 35.1. The van der Waals surface area contributed by atoms with Crippen LogP contribution >= 0.6 is 23.5 Å². The lowest BCUT2D eigenvalue weighted by Crippen LogP contribution is -2.56. The minimum absolute atomic E-state index is 0.191. The van der Waals surface area contributed by atoms with E-state index in [9.17, 15) is 5.11 Å². The van der Waals surface area contributed by atoms with Gasteiger partial charge in [-0.15, -0.1) is 23.5 Å². The van der Waals surface area contributed by atoms with Crippen LogP contribution in [0.2, 0.25) is 0 Å². The number of hydrogen-bond acceptors (Lipinski definition) is 9. The van der Waals surface area contributed by atoms with E-state index in [-0.39, 0.29) is 50.7 Å². The smallest absolute Gasteiger partial charge is 0.190 e. The van der Waals surface area contributed by atoms with E-state index in [0.717, 1.165) is 32.9 Å². The van der Waals surface area contributed by atoms with Crippen molar-refractivity contribution in [3.05, 3.63) is 46.5 Å². The topological polar surface area (TPSA) is 75.6 Å². The Morgan fingerprint density at radius 2 is 0.962 bits per heavy atom. The highest BCUT2D eigenvalue weighted by Crippen LogP contribution is 2.52. The minimum atomic E-state index is -0.782. The van der Waals surface area contributed by atoms with Crippen LogP contribution in [0.15, 0.2) is 34.1 Å². The van der Waals surface area contributed by atoms with E-state index < -0.39 is 24.0 Å². The number of phenolic OH excluding ortho intramolecular Hbond substituents is 1. The summed E-state index contributed by atoms with van der Waals surface area (Å²) in [5.41, 5.74) is 3.47. The molecule has 3 saturated heterocycles. The number of fused-ring (bicyclic) bond motifs is 3. The largest absolute Gasteiger partial charge is 0.507 e. The first kappa shape index (κ1) is 41.7. The highest BCUT2D eigenvalue weighted by molar-refractivity contribution is 8.18. The van der Waals surface area contributed by atoms with Crippen molar-refractivity contribution in [3.63, 3.8) is 0 Å². The van der Waals surface area contributed by atoms with Crippen molar-refractivity contribution in [1.29, 1.82) is 0 Å². The van der Waals surface area contributed by atoms with Gasteiger partial charge in [-0.3, -0.25) is 0 Å². The first-order valence-electron chi connectivity index (χ1n) is 18.8. The second kappa shape index (κ2) is 13.6. The number of benzene rings is 2. The molecule has 3 aliphatic rings. The van der Waals surface area contributed by atoms with E-state index >= 15 is 0 Å². The molecule has 1 N–H and O–H groups in total. The number of rotatable bonds is 7. The highest BCUT2D eigenvalue weighted by Gasteiger charge is 2.61. The molecule has 3 heterocycles. The van der Waals surface area contributed by atoms with Gasteiger partial charge in [0, 0.05) is 32.0 Å². The number of hydrogen-bond donors (Lipinski definition) is 1.